The van der Waals surface area contributed by atoms with Crippen molar-refractivity contribution in [3.8, 4) is 0 Å². The molecule has 4 bridgehead atoms. The molecule has 0 spiro atoms. The number of hydrogen-bond acceptors (Lipinski definition) is 1. The highest BCUT2D eigenvalue weighted by Crippen LogP contribution is 2.63. The lowest BCUT2D eigenvalue weighted by Gasteiger charge is -2.59. The molecule has 1 saturated heterocycles. The summed E-state index contributed by atoms with van der Waals surface area (Å²) in [5, 5.41) is 3.61. The van der Waals surface area contributed by atoms with Gasteiger partial charge in [0.15, 0.2) is 0 Å². The zero-order valence-corrected chi connectivity index (χ0v) is 11.1. The molecule has 4 aliphatic carbocycles. The number of hydrogen-bond donors (Lipinski definition) is 1. The van der Waals surface area contributed by atoms with Crippen molar-refractivity contribution in [2.24, 2.45) is 29.1 Å². The molecule has 1 unspecified atom stereocenters. The first-order valence-corrected chi connectivity index (χ1v) is 8.05. The summed E-state index contributed by atoms with van der Waals surface area (Å²) in [6.07, 6.45) is 14.1. The predicted octanol–water partition coefficient (Wildman–Crippen LogP) is 3.59. The molecule has 1 N–H and O–H groups in total. The normalized spacial score (nSPS) is 53.6. The Labute approximate surface area is 106 Å². The first-order chi connectivity index (χ1) is 8.34. The Morgan fingerprint density at radius 1 is 0.765 bits per heavy atom. The van der Waals surface area contributed by atoms with Crippen LogP contribution >= 0.6 is 0 Å². The Kier molecular flexibility index (Phi) is 2.54. The molecule has 0 amide bonds. The molecule has 5 aliphatic rings. The van der Waals surface area contributed by atoms with E-state index in [0.29, 0.717) is 0 Å². The lowest BCUT2D eigenvalue weighted by molar-refractivity contribution is -0.0898. The average molecular weight is 233 g/mol. The smallest absolute Gasteiger partial charge is 0.00461 e. The van der Waals surface area contributed by atoms with Gasteiger partial charge in [-0.05, 0) is 100.0 Å². The van der Waals surface area contributed by atoms with E-state index in [0.717, 1.165) is 29.1 Å². The first-order valence-electron chi connectivity index (χ1n) is 8.05. The summed E-state index contributed by atoms with van der Waals surface area (Å²) in [6.45, 7) is 2.58. The van der Waals surface area contributed by atoms with Gasteiger partial charge >= 0.3 is 0 Å². The zero-order chi connectivity index (χ0) is 11.3. The van der Waals surface area contributed by atoms with E-state index in [1.54, 1.807) is 38.5 Å². The Balaban J connectivity index is 1.58. The van der Waals surface area contributed by atoms with Gasteiger partial charge in [0.05, 0.1) is 0 Å². The van der Waals surface area contributed by atoms with Gasteiger partial charge in [-0.3, -0.25) is 0 Å². The summed E-state index contributed by atoms with van der Waals surface area (Å²) in [5.74, 6) is 4.48. The van der Waals surface area contributed by atoms with Crippen LogP contribution in [0.4, 0.5) is 0 Å². The summed E-state index contributed by atoms with van der Waals surface area (Å²) in [7, 11) is 0. The fourth-order valence-electron chi connectivity index (χ4n) is 6.31. The van der Waals surface area contributed by atoms with Gasteiger partial charge < -0.3 is 5.32 Å². The summed E-state index contributed by atoms with van der Waals surface area (Å²) in [6, 6.07) is 0. The van der Waals surface area contributed by atoms with Crippen LogP contribution < -0.4 is 5.32 Å². The van der Waals surface area contributed by atoms with Crippen molar-refractivity contribution in [3.63, 3.8) is 0 Å². The minimum atomic E-state index is 0.820. The first kappa shape index (κ1) is 10.8. The van der Waals surface area contributed by atoms with Gasteiger partial charge in [0.25, 0.3) is 0 Å². The second-order valence-corrected chi connectivity index (χ2v) is 7.66. The topological polar surface area (TPSA) is 12.0 Å². The van der Waals surface area contributed by atoms with E-state index in [1.165, 1.54) is 32.4 Å². The van der Waals surface area contributed by atoms with Crippen LogP contribution in [0, 0.1) is 29.1 Å². The number of rotatable bonds is 1. The zero-order valence-electron chi connectivity index (χ0n) is 11.1. The van der Waals surface area contributed by atoms with E-state index >= 15 is 0 Å². The molecule has 4 saturated carbocycles. The summed E-state index contributed by atoms with van der Waals surface area (Å²) in [4.78, 5) is 0. The molecule has 1 nitrogen and oxygen atoms in total. The minimum Gasteiger partial charge on any atom is -0.317 e. The van der Waals surface area contributed by atoms with Gasteiger partial charge in [0.2, 0.25) is 0 Å². The van der Waals surface area contributed by atoms with Crippen molar-refractivity contribution in [1.82, 2.24) is 5.32 Å². The molecule has 0 aromatic carbocycles. The third-order valence-corrected chi connectivity index (χ3v) is 6.53. The minimum absolute atomic E-state index is 0.820. The Morgan fingerprint density at radius 3 is 2.06 bits per heavy atom. The van der Waals surface area contributed by atoms with Crippen molar-refractivity contribution in [2.75, 3.05) is 13.1 Å². The molecule has 5 fully saturated rings. The molecule has 1 aliphatic heterocycles. The second kappa shape index (κ2) is 3.98. The SMILES string of the molecule is C1CNCCC(C23CC4CC(CC(C4)C2)C3)C1. The number of nitrogens with one attached hydrogen (secondary N) is 1. The van der Waals surface area contributed by atoms with E-state index in [-0.39, 0.29) is 0 Å². The van der Waals surface area contributed by atoms with Gasteiger partial charge in [-0.25, -0.2) is 0 Å². The molecule has 1 heteroatoms. The quantitative estimate of drug-likeness (QED) is 0.730. The molecular weight excluding hydrogens is 206 g/mol. The summed E-state index contributed by atoms with van der Waals surface area (Å²) < 4.78 is 0. The Bertz CT molecular complexity index is 253. The van der Waals surface area contributed by atoms with Crippen molar-refractivity contribution < 1.29 is 0 Å². The van der Waals surface area contributed by atoms with Crippen LogP contribution in [0.1, 0.15) is 57.8 Å². The fraction of sp³-hybridized carbons (Fsp3) is 1.00. The highest BCUT2D eigenvalue weighted by atomic mass is 14.9. The maximum Gasteiger partial charge on any atom is -0.00461 e. The molecular formula is C16H27N. The average Bonchev–Trinajstić information content (AvgIpc) is 2.55. The molecule has 5 rings (SSSR count). The highest BCUT2D eigenvalue weighted by molar-refractivity contribution is 5.04. The molecule has 1 heterocycles. The maximum absolute atomic E-state index is 3.61. The molecule has 0 aromatic rings. The van der Waals surface area contributed by atoms with Gasteiger partial charge in [-0.15, -0.1) is 0 Å². The van der Waals surface area contributed by atoms with Crippen LogP contribution in [0.5, 0.6) is 0 Å². The van der Waals surface area contributed by atoms with Crippen molar-refractivity contribution in [3.05, 3.63) is 0 Å². The Morgan fingerprint density at radius 2 is 1.41 bits per heavy atom. The van der Waals surface area contributed by atoms with Crippen LogP contribution in [0.15, 0.2) is 0 Å². The largest absolute Gasteiger partial charge is 0.317 e. The van der Waals surface area contributed by atoms with E-state index in [4.69, 9.17) is 0 Å². The van der Waals surface area contributed by atoms with Gasteiger partial charge in [0.1, 0.15) is 0 Å². The summed E-state index contributed by atoms with van der Waals surface area (Å²) >= 11 is 0. The monoisotopic (exact) mass is 233 g/mol. The van der Waals surface area contributed by atoms with Crippen LogP contribution in [0.2, 0.25) is 0 Å². The lowest BCUT2D eigenvalue weighted by atomic mass is 9.46. The Hall–Kier alpha value is -0.0400. The van der Waals surface area contributed by atoms with Gasteiger partial charge in [-0.1, -0.05) is 0 Å². The van der Waals surface area contributed by atoms with Crippen molar-refractivity contribution in [1.29, 1.82) is 0 Å². The van der Waals surface area contributed by atoms with E-state index in [9.17, 15) is 0 Å². The van der Waals surface area contributed by atoms with Crippen LogP contribution in [0.25, 0.3) is 0 Å². The summed E-state index contributed by atoms with van der Waals surface area (Å²) in [5.41, 5.74) is 0.820. The fourth-order valence-corrected chi connectivity index (χ4v) is 6.31. The second-order valence-electron chi connectivity index (χ2n) is 7.66. The van der Waals surface area contributed by atoms with E-state index in [1.807, 2.05) is 0 Å². The third kappa shape index (κ3) is 1.77. The van der Waals surface area contributed by atoms with Crippen LogP contribution in [0.3, 0.4) is 0 Å². The molecule has 0 aromatic heterocycles. The predicted molar refractivity (Wildman–Crippen MR) is 70.8 cm³/mol. The van der Waals surface area contributed by atoms with E-state index < -0.39 is 0 Å². The standard InChI is InChI=1S/C16H27N/c1-2-15(3-5-17-4-1)16-9-12-6-13(10-16)8-14(7-12)11-16/h12-15,17H,1-11H2. The maximum atomic E-state index is 3.61. The molecule has 0 radical (unpaired) electrons. The highest BCUT2D eigenvalue weighted by Gasteiger charge is 2.53. The van der Waals surface area contributed by atoms with Crippen molar-refractivity contribution in [2.45, 2.75) is 57.8 Å². The van der Waals surface area contributed by atoms with Crippen LogP contribution in [-0.2, 0) is 0 Å². The molecule has 1 atom stereocenters. The van der Waals surface area contributed by atoms with Gasteiger partial charge in [-0.2, -0.15) is 0 Å². The molecule has 17 heavy (non-hydrogen) atoms. The van der Waals surface area contributed by atoms with Crippen LogP contribution in [-0.4, -0.2) is 13.1 Å². The third-order valence-electron chi connectivity index (χ3n) is 6.53. The van der Waals surface area contributed by atoms with E-state index in [2.05, 4.69) is 5.32 Å². The van der Waals surface area contributed by atoms with Gasteiger partial charge in [0, 0.05) is 0 Å². The molecule has 96 valence electrons. The lowest BCUT2D eigenvalue weighted by Crippen LogP contribution is -2.49. The van der Waals surface area contributed by atoms with Crippen molar-refractivity contribution >= 4 is 0 Å².